The van der Waals surface area contributed by atoms with Gasteiger partial charge in [0.1, 0.15) is 12.3 Å². The van der Waals surface area contributed by atoms with E-state index in [4.69, 9.17) is 4.74 Å². The molecule has 1 saturated carbocycles. The van der Waals surface area contributed by atoms with Crippen LogP contribution in [0.25, 0.3) is 5.69 Å². The molecule has 166 valence electrons. The van der Waals surface area contributed by atoms with Gasteiger partial charge in [0.05, 0.1) is 18.0 Å². The second-order valence-electron chi connectivity index (χ2n) is 7.98. The van der Waals surface area contributed by atoms with Crippen molar-refractivity contribution in [3.8, 4) is 5.69 Å². The Balaban J connectivity index is 1.47. The van der Waals surface area contributed by atoms with Crippen molar-refractivity contribution in [1.29, 1.82) is 0 Å². The van der Waals surface area contributed by atoms with Gasteiger partial charge in [0.15, 0.2) is 0 Å². The van der Waals surface area contributed by atoms with Gasteiger partial charge in [0.2, 0.25) is 5.91 Å². The van der Waals surface area contributed by atoms with E-state index >= 15 is 0 Å². The van der Waals surface area contributed by atoms with Crippen LogP contribution in [-0.2, 0) is 16.6 Å². The highest BCUT2D eigenvalue weighted by molar-refractivity contribution is 6.05. The van der Waals surface area contributed by atoms with Crippen LogP contribution in [0.3, 0.4) is 0 Å². The maximum absolute atomic E-state index is 13.0. The van der Waals surface area contributed by atoms with Crippen molar-refractivity contribution in [2.45, 2.75) is 19.8 Å². The van der Waals surface area contributed by atoms with Crippen LogP contribution in [0.1, 0.15) is 28.9 Å². The lowest BCUT2D eigenvalue weighted by Gasteiger charge is -2.08. The van der Waals surface area contributed by atoms with E-state index < -0.39 is 5.91 Å². The van der Waals surface area contributed by atoms with Crippen molar-refractivity contribution < 1.29 is 14.3 Å². The Morgan fingerprint density at radius 3 is 2.53 bits per heavy atom. The van der Waals surface area contributed by atoms with Crippen LogP contribution in [0.4, 0.5) is 11.4 Å². The minimum atomic E-state index is -0.433. The van der Waals surface area contributed by atoms with Gasteiger partial charge in [-0.1, -0.05) is 24.3 Å². The fraction of sp³-hybridized carbons (Fsp3) is 0.292. The summed E-state index contributed by atoms with van der Waals surface area (Å²) in [5, 5.41) is 5.47. The van der Waals surface area contributed by atoms with Crippen LogP contribution in [-0.4, -0.2) is 34.4 Å². The molecule has 1 heterocycles. The SMILES string of the molecule is Cc1c(NC(=O)c2cccc(NC(=O)COCC3CC3)c2)c(=O)n(-c2ccccc2)n1C. The van der Waals surface area contributed by atoms with Crippen molar-refractivity contribution in [2.24, 2.45) is 13.0 Å². The lowest BCUT2D eigenvalue weighted by atomic mass is 10.2. The van der Waals surface area contributed by atoms with Crippen LogP contribution >= 0.6 is 0 Å². The van der Waals surface area contributed by atoms with Crippen molar-refractivity contribution in [1.82, 2.24) is 9.36 Å². The summed E-state index contributed by atoms with van der Waals surface area (Å²) < 4.78 is 8.60. The molecule has 8 heteroatoms. The number of hydrogen-bond donors (Lipinski definition) is 2. The van der Waals surface area contributed by atoms with Crippen molar-refractivity contribution in [2.75, 3.05) is 23.8 Å². The number of carbonyl (C=O) groups excluding carboxylic acids is 2. The fourth-order valence-electron chi connectivity index (χ4n) is 3.44. The average molecular weight is 434 g/mol. The summed E-state index contributed by atoms with van der Waals surface area (Å²) in [6, 6.07) is 15.8. The molecule has 1 aromatic heterocycles. The molecule has 1 aliphatic carbocycles. The average Bonchev–Trinajstić information content (AvgIpc) is 3.59. The Morgan fingerprint density at radius 1 is 1.06 bits per heavy atom. The number of aromatic nitrogens is 2. The van der Waals surface area contributed by atoms with E-state index in [0.717, 1.165) is 12.8 Å². The Kier molecular flexibility index (Phi) is 6.23. The van der Waals surface area contributed by atoms with Gasteiger partial charge in [-0.3, -0.25) is 19.1 Å². The van der Waals surface area contributed by atoms with Crippen molar-refractivity contribution in [3.05, 3.63) is 76.2 Å². The first kappa shape index (κ1) is 21.6. The maximum Gasteiger partial charge on any atom is 0.295 e. The summed E-state index contributed by atoms with van der Waals surface area (Å²) in [5.74, 6) is -0.118. The zero-order chi connectivity index (χ0) is 22.7. The summed E-state index contributed by atoms with van der Waals surface area (Å²) in [4.78, 5) is 37.9. The lowest BCUT2D eigenvalue weighted by Crippen LogP contribution is -2.23. The molecule has 8 nitrogen and oxygen atoms in total. The van der Waals surface area contributed by atoms with Crippen LogP contribution in [0.2, 0.25) is 0 Å². The molecule has 1 aliphatic rings. The number of rotatable bonds is 8. The highest BCUT2D eigenvalue weighted by atomic mass is 16.5. The molecule has 0 saturated heterocycles. The predicted molar refractivity (Wildman–Crippen MR) is 122 cm³/mol. The molecular weight excluding hydrogens is 408 g/mol. The number of nitrogens with one attached hydrogen (secondary N) is 2. The van der Waals surface area contributed by atoms with Crippen molar-refractivity contribution >= 4 is 23.2 Å². The van der Waals surface area contributed by atoms with E-state index in [2.05, 4.69) is 10.6 Å². The highest BCUT2D eigenvalue weighted by Gasteiger charge is 2.22. The van der Waals surface area contributed by atoms with Crippen LogP contribution in [0.5, 0.6) is 0 Å². The first-order chi connectivity index (χ1) is 15.4. The summed E-state index contributed by atoms with van der Waals surface area (Å²) in [7, 11) is 1.76. The van der Waals surface area contributed by atoms with Gasteiger partial charge in [0.25, 0.3) is 11.5 Å². The van der Waals surface area contributed by atoms with Gasteiger partial charge < -0.3 is 15.4 Å². The van der Waals surface area contributed by atoms with Gasteiger partial charge in [0, 0.05) is 18.3 Å². The molecule has 1 fully saturated rings. The van der Waals surface area contributed by atoms with E-state index in [-0.39, 0.29) is 23.8 Å². The number of carbonyl (C=O) groups is 2. The Hall–Kier alpha value is -3.65. The fourth-order valence-corrected chi connectivity index (χ4v) is 3.44. The Labute approximate surface area is 185 Å². The summed E-state index contributed by atoms with van der Waals surface area (Å²) in [6.45, 7) is 2.36. The topological polar surface area (TPSA) is 94.4 Å². The van der Waals surface area contributed by atoms with Crippen molar-refractivity contribution in [3.63, 3.8) is 0 Å². The zero-order valence-electron chi connectivity index (χ0n) is 18.1. The number of nitrogens with zero attached hydrogens (tertiary/aromatic N) is 2. The summed E-state index contributed by atoms with van der Waals surface area (Å²) >= 11 is 0. The molecule has 0 bridgehead atoms. The molecule has 0 unspecified atom stereocenters. The molecule has 2 N–H and O–H groups in total. The number of anilines is 2. The number of benzene rings is 2. The Morgan fingerprint density at radius 2 is 1.81 bits per heavy atom. The second kappa shape index (κ2) is 9.23. The lowest BCUT2D eigenvalue weighted by molar-refractivity contribution is -0.120. The number of para-hydroxylation sites is 1. The molecule has 4 rings (SSSR count). The number of hydrogen-bond acceptors (Lipinski definition) is 4. The smallest absolute Gasteiger partial charge is 0.295 e. The quantitative estimate of drug-likeness (QED) is 0.570. The van der Waals surface area contributed by atoms with Gasteiger partial charge in [-0.15, -0.1) is 0 Å². The number of amides is 2. The normalized spacial score (nSPS) is 13.1. The highest BCUT2D eigenvalue weighted by Crippen LogP contribution is 2.28. The Bertz CT molecular complexity index is 1190. The van der Waals surface area contributed by atoms with E-state index in [1.54, 1.807) is 42.9 Å². The first-order valence-corrected chi connectivity index (χ1v) is 10.6. The third kappa shape index (κ3) is 4.81. The minimum absolute atomic E-state index is 0.0187. The van der Waals surface area contributed by atoms with E-state index in [9.17, 15) is 14.4 Å². The summed E-state index contributed by atoms with van der Waals surface area (Å²) in [6.07, 6.45) is 2.33. The van der Waals surface area contributed by atoms with E-state index in [1.165, 1.54) is 4.68 Å². The molecule has 0 aliphatic heterocycles. The second-order valence-corrected chi connectivity index (χ2v) is 7.98. The molecule has 0 spiro atoms. The molecule has 32 heavy (non-hydrogen) atoms. The standard InChI is InChI=1S/C24H26N4O4/c1-16-22(24(31)28(27(16)2)20-9-4-3-5-10-20)26-23(30)18-7-6-8-19(13-18)25-21(29)15-32-14-17-11-12-17/h3-10,13,17H,11-12,14-15H2,1-2H3,(H,25,29)(H,26,30). The maximum atomic E-state index is 13.0. The monoisotopic (exact) mass is 434 g/mol. The van der Waals surface area contributed by atoms with E-state index in [0.29, 0.717) is 35.2 Å². The van der Waals surface area contributed by atoms with E-state index in [1.807, 2.05) is 30.3 Å². The molecule has 0 atom stereocenters. The third-order valence-electron chi connectivity index (χ3n) is 5.48. The van der Waals surface area contributed by atoms with Crippen LogP contribution in [0.15, 0.2) is 59.4 Å². The molecular formula is C24H26N4O4. The van der Waals surface area contributed by atoms with Gasteiger partial charge in [-0.2, -0.15) is 0 Å². The van der Waals surface area contributed by atoms with Crippen LogP contribution < -0.4 is 16.2 Å². The predicted octanol–water partition coefficient (Wildman–Crippen LogP) is 3.10. The van der Waals surface area contributed by atoms with Crippen LogP contribution in [0, 0.1) is 12.8 Å². The largest absolute Gasteiger partial charge is 0.371 e. The first-order valence-electron chi connectivity index (χ1n) is 10.6. The van der Waals surface area contributed by atoms with Gasteiger partial charge in [-0.05, 0) is 56.0 Å². The number of ether oxygens (including phenoxy) is 1. The zero-order valence-corrected chi connectivity index (χ0v) is 18.1. The minimum Gasteiger partial charge on any atom is -0.371 e. The third-order valence-corrected chi connectivity index (χ3v) is 5.48. The van der Waals surface area contributed by atoms with Gasteiger partial charge in [-0.25, -0.2) is 4.68 Å². The molecule has 3 aromatic rings. The van der Waals surface area contributed by atoms with Gasteiger partial charge >= 0.3 is 0 Å². The molecule has 0 radical (unpaired) electrons. The molecule has 2 aromatic carbocycles. The molecule has 2 amide bonds. The summed E-state index contributed by atoms with van der Waals surface area (Å²) in [5.41, 5.74) is 2.05.